The van der Waals surface area contributed by atoms with Crippen molar-refractivity contribution in [3.8, 4) is 5.75 Å². The van der Waals surface area contributed by atoms with Crippen LogP contribution < -0.4 is 15.4 Å². The fraction of sp³-hybridized carbons (Fsp3) is 0.308. The Morgan fingerprint density at radius 1 is 1.10 bits per heavy atom. The number of fused-ring (bicyclic) bond motifs is 2. The molecule has 1 aromatic heterocycles. The smallest absolute Gasteiger partial charge is 0.228 e. The predicted octanol–water partition coefficient (Wildman–Crippen LogP) is 4.64. The quantitative estimate of drug-likeness (QED) is 0.639. The number of piperidine rings is 1. The Bertz CT molecular complexity index is 1170. The van der Waals surface area contributed by atoms with E-state index in [1.165, 1.54) is 16.7 Å². The van der Waals surface area contributed by atoms with Crippen LogP contribution in [0.15, 0.2) is 54.1 Å². The van der Waals surface area contributed by atoms with Crippen molar-refractivity contribution in [1.82, 2.24) is 10.3 Å². The molecule has 1 saturated heterocycles. The van der Waals surface area contributed by atoms with Gasteiger partial charge in [-0.3, -0.25) is 9.78 Å². The van der Waals surface area contributed by atoms with Crippen LogP contribution in [-0.2, 0) is 11.2 Å². The van der Waals surface area contributed by atoms with Crippen molar-refractivity contribution in [2.75, 3.05) is 25.0 Å². The largest absolute Gasteiger partial charge is 0.493 e. The van der Waals surface area contributed by atoms with Crippen molar-refractivity contribution in [1.29, 1.82) is 0 Å². The normalized spacial score (nSPS) is 15.6. The van der Waals surface area contributed by atoms with Crippen molar-refractivity contribution in [3.05, 3.63) is 70.9 Å². The number of benzene rings is 2. The van der Waals surface area contributed by atoms with E-state index in [1.807, 2.05) is 31.2 Å². The SMILES string of the molecule is Cc1ccc2c(OCCC(=C3CCNCC3)c3ccc4c(c3)NC(=O)C4)cccc2n1. The summed E-state index contributed by atoms with van der Waals surface area (Å²) in [4.78, 5) is 16.4. The molecule has 5 rings (SSSR count). The number of hydrogen-bond donors (Lipinski definition) is 2. The molecule has 0 unspecified atom stereocenters. The Morgan fingerprint density at radius 2 is 1.97 bits per heavy atom. The third kappa shape index (κ3) is 4.19. The average molecular weight is 414 g/mol. The number of aromatic nitrogens is 1. The van der Waals surface area contributed by atoms with Gasteiger partial charge in [-0.05, 0) is 79.9 Å². The number of ether oxygens (including phenoxy) is 1. The second-order valence-corrected chi connectivity index (χ2v) is 8.30. The van der Waals surface area contributed by atoms with Crippen molar-refractivity contribution in [2.45, 2.75) is 32.6 Å². The summed E-state index contributed by atoms with van der Waals surface area (Å²) in [6.07, 6.45) is 3.41. The number of carbonyl (C=O) groups is 1. The molecule has 2 N–H and O–H groups in total. The maximum atomic E-state index is 11.8. The van der Waals surface area contributed by atoms with Gasteiger partial charge in [-0.1, -0.05) is 23.8 Å². The number of rotatable bonds is 5. The van der Waals surface area contributed by atoms with E-state index >= 15 is 0 Å². The number of pyridine rings is 1. The molecule has 0 atom stereocenters. The van der Waals surface area contributed by atoms with Gasteiger partial charge in [0.1, 0.15) is 5.75 Å². The van der Waals surface area contributed by atoms with Gasteiger partial charge in [-0.25, -0.2) is 0 Å². The molecule has 3 aromatic rings. The first-order valence-electron chi connectivity index (χ1n) is 11.0. The van der Waals surface area contributed by atoms with E-state index in [2.05, 4.69) is 39.9 Å². The zero-order chi connectivity index (χ0) is 21.2. The second kappa shape index (κ2) is 8.52. The molecular formula is C26H27N3O2. The highest BCUT2D eigenvalue weighted by molar-refractivity contribution is 5.99. The number of nitrogens with zero attached hydrogens (tertiary/aromatic N) is 1. The molecule has 0 aliphatic carbocycles. The van der Waals surface area contributed by atoms with E-state index in [0.29, 0.717) is 13.0 Å². The van der Waals surface area contributed by atoms with E-state index in [0.717, 1.165) is 65.9 Å². The van der Waals surface area contributed by atoms with Crippen LogP contribution in [0.4, 0.5) is 5.69 Å². The zero-order valence-corrected chi connectivity index (χ0v) is 17.8. The summed E-state index contributed by atoms with van der Waals surface area (Å²) in [6, 6.07) is 16.5. The first kappa shape index (κ1) is 19.8. The zero-order valence-electron chi connectivity index (χ0n) is 17.8. The Hall–Kier alpha value is -3.18. The van der Waals surface area contributed by atoms with Gasteiger partial charge in [-0.2, -0.15) is 0 Å². The highest BCUT2D eigenvalue weighted by atomic mass is 16.5. The fourth-order valence-electron chi connectivity index (χ4n) is 4.58. The third-order valence-electron chi connectivity index (χ3n) is 6.16. The molecule has 0 spiro atoms. The molecule has 0 bridgehead atoms. The Labute approximate surface area is 182 Å². The Balaban J connectivity index is 1.39. The number of aryl methyl sites for hydroxylation is 1. The molecule has 158 valence electrons. The van der Waals surface area contributed by atoms with Gasteiger partial charge in [0.15, 0.2) is 0 Å². The Kier molecular flexibility index (Phi) is 5.43. The van der Waals surface area contributed by atoms with E-state index in [9.17, 15) is 4.79 Å². The van der Waals surface area contributed by atoms with Crippen LogP contribution in [0.3, 0.4) is 0 Å². The molecule has 1 fully saturated rings. The summed E-state index contributed by atoms with van der Waals surface area (Å²) in [5.41, 5.74) is 8.03. The van der Waals surface area contributed by atoms with E-state index in [4.69, 9.17) is 4.74 Å². The number of nitrogens with one attached hydrogen (secondary N) is 2. The monoisotopic (exact) mass is 413 g/mol. The first-order valence-corrected chi connectivity index (χ1v) is 11.0. The predicted molar refractivity (Wildman–Crippen MR) is 124 cm³/mol. The number of carbonyl (C=O) groups excluding carboxylic acids is 1. The number of hydrogen-bond acceptors (Lipinski definition) is 4. The fourth-order valence-corrected chi connectivity index (χ4v) is 4.58. The summed E-state index contributed by atoms with van der Waals surface area (Å²) in [5, 5.41) is 7.48. The van der Waals surface area contributed by atoms with Crippen molar-refractivity contribution in [3.63, 3.8) is 0 Å². The molecule has 0 radical (unpaired) electrons. The van der Waals surface area contributed by atoms with Crippen LogP contribution in [0.1, 0.15) is 36.1 Å². The van der Waals surface area contributed by atoms with Crippen molar-refractivity contribution in [2.24, 2.45) is 0 Å². The second-order valence-electron chi connectivity index (χ2n) is 8.30. The molecular weight excluding hydrogens is 386 g/mol. The van der Waals surface area contributed by atoms with E-state index < -0.39 is 0 Å². The van der Waals surface area contributed by atoms with Gasteiger partial charge >= 0.3 is 0 Å². The minimum Gasteiger partial charge on any atom is -0.493 e. The number of amides is 1. The van der Waals surface area contributed by atoms with Gasteiger partial charge in [0, 0.05) is 23.2 Å². The highest BCUT2D eigenvalue weighted by Gasteiger charge is 2.20. The average Bonchev–Trinajstić information content (AvgIpc) is 3.16. The lowest BCUT2D eigenvalue weighted by Gasteiger charge is -2.21. The minimum atomic E-state index is 0.0753. The van der Waals surface area contributed by atoms with Crippen LogP contribution in [0.5, 0.6) is 5.75 Å². The lowest BCUT2D eigenvalue weighted by molar-refractivity contribution is -0.115. The highest BCUT2D eigenvalue weighted by Crippen LogP contribution is 2.33. The van der Waals surface area contributed by atoms with Gasteiger partial charge in [0.25, 0.3) is 0 Å². The summed E-state index contributed by atoms with van der Waals surface area (Å²) < 4.78 is 6.25. The molecule has 3 heterocycles. The van der Waals surface area contributed by atoms with Gasteiger partial charge in [-0.15, -0.1) is 0 Å². The van der Waals surface area contributed by atoms with Crippen LogP contribution in [-0.4, -0.2) is 30.6 Å². The van der Waals surface area contributed by atoms with E-state index in [-0.39, 0.29) is 5.91 Å². The summed E-state index contributed by atoms with van der Waals surface area (Å²) in [5.74, 6) is 0.951. The maximum Gasteiger partial charge on any atom is 0.228 e. The van der Waals surface area contributed by atoms with E-state index in [1.54, 1.807) is 0 Å². The van der Waals surface area contributed by atoms with Gasteiger partial charge < -0.3 is 15.4 Å². The summed E-state index contributed by atoms with van der Waals surface area (Å²) in [7, 11) is 0. The standard InChI is InChI=1S/C26H27N3O2/c1-17-5-8-22-23(28-17)3-2-4-25(22)31-14-11-21(18-9-12-27-13-10-18)19-6-7-20-16-26(30)29-24(20)15-19/h2-8,15,27H,9-14,16H2,1H3,(H,29,30). The maximum absolute atomic E-state index is 11.8. The van der Waals surface area contributed by atoms with Crippen LogP contribution >= 0.6 is 0 Å². The van der Waals surface area contributed by atoms with Crippen LogP contribution in [0.2, 0.25) is 0 Å². The summed E-state index contributed by atoms with van der Waals surface area (Å²) >= 11 is 0. The molecule has 5 nitrogen and oxygen atoms in total. The topological polar surface area (TPSA) is 63.2 Å². The van der Waals surface area contributed by atoms with Crippen LogP contribution in [0.25, 0.3) is 16.5 Å². The molecule has 2 aromatic carbocycles. The molecule has 1 amide bonds. The first-order chi connectivity index (χ1) is 15.2. The molecule has 2 aliphatic heterocycles. The molecule has 2 aliphatic rings. The lowest BCUT2D eigenvalue weighted by atomic mass is 9.91. The molecule has 0 saturated carbocycles. The van der Waals surface area contributed by atoms with Gasteiger partial charge in [0.05, 0.1) is 18.5 Å². The minimum absolute atomic E-state index is 0.0753. The van der Waals surface area contributed by atoms with Gasteiger partial charge in [0.2, 0.25) is 5.91 Å². The van der Waals surface area contributed by atoms with Crippen molar-refractivity contribution >= 4 is 28.1 Å². The van der Waals surface area contributed by atoms with Crippen molar-refractivity contribution < 1.29 is 9.53 Å². The summed E-state index contributed by atoms with van der Waals surface area (Å²) in [6.45, 7) is 4.62. The molecule has 5 heteroatoms. The third-order valence-corrected chi connectivity index (χ3v) is 6.16. The lowest BCUT2D eigenvalue weighted by Crippen LogP contribution is -2.24. The van der Waals surface area contributed by atoms with Crippen LogP contribution in [0, 0.1) is 6.92 Å². The number of anilines is 1. The Morgan fingerprint density at radius 3 is 2.84 bits per heavy atom. The molecule has 31 heavy (non-hydrogen) atoms.